The van der Waals surface area contributed by atoms with Gasteiger partial charge in [-0.3, -0.25) is 9.59 Å². The zero-order chi connectivity index (χ0) is 14.4. The van der Waals surface area contributed by atoms with Gasteiger partial charge < -0.3 is 4.74 Å². The summed E-state index contributed by atoms with van der Waals surface area (Å²) in [6.07, 6.45) is 0. The molecule has 4 aromatic carbocycles. The number of hydrogen-bond donors (Lipinski definition) is 0. The summed E-state index contributed by atoms with van der Waals surface area (Å²) in [5, 5.41) is 5.56. The second kappa shape index (κ2) is 4.50. The highest BCUT2D eigenvalue weighted by atomic mass is 16.6. The number of benzene rings is 4. The molecule has 0 bridgehead atoms. The minimum atomic E-state index is -0.430. The van der Waals surface area contributed by atoms with Crippen LogP contribution in [0.1, 0.15) is 0 Å². The Labute approximate surface area is 120 Å². The standard InChI is InChI=1S/C16H8O2.C2H4O/c17-13-8-11-5-4-9-2-1-3-10-6-7-12(16(13)18)15(11)14(9)10;1-2-3-1/h1-8H;1-2H2. The summed E-state index contributed by atoms with van der Waals surface area (Å²) in [4.78, 5) is 23.5. The van der Waals surface area contributed by atoms with Crippen LogP contribution in [0.5, 0.6) is 0 Å². The number of epoxide rings is 1. The third-order valence-corrected chi connectivity index (χ3v) is 3.77. The molecule has 0 aromatic heterocycles. The lowest BCUT2D eigenvalue weighted by Gasteiger charge is -2.08. The maximum atomic E-state index is 11.9. The van der Waals surface area contributed by atoms with Gasteiger partial charge in [-0.25, -0.2) is 0 Å². The van der Waals surface area contributed by atoms with Gasteiger partial charge in [-0.1, -0.05) is 36.4 Å². The summed E-state index contributed by atoms with van der Waals surface area (Å²) >= 11 is 0. The van der Waals surface area contributed by atoms with Gasteiger partial charge in [0.1, 0.15) is 0 Å². The number of ether oxygens (including phenoxy) is 1. The molecule has 4 aromatic rings. The molecular weight excluding hydrogens is 264 g/mol. The number of rotatable bonds is 0. The summed E-state index contributed by atoms with van der Waals surface area (Å²) in [7, 11) is 0. The smallest absolute Gasteiger partial charge is 0.233 e. The molecule has 0 unspecified atom stereocenters. The van der Waals surface area contributed by atoms with Crippen molar-refractivity contribution >= 4 is 32.3 Å². The molecule has 1 saturated heterocycles. The van der Waals surface area contributed by atoms with E-state index >= 15 is 0 Å². The van der Waals surface area contributed by atoms with E-state index < -0.39 is 10.9 Å². The van der Waals surface area contributed by atoms with Crippen LogP contribution in [0, 0.1) is 0 Å². The quantitative estimate of drug-likeness (QED) is 0.282. The lowest BCUT2D eigenvalue weighted by atomic mass is 9.94. The maximum Gasteiger partial charge on any atom is 0.233 e. The molecule has 5 rings (SSSR count). The molecule has 0 radical (unpaired) electrons. The fourth-order valence-electron chi connectivity index (χ4n) is 2.76. The van der Waals surface area contributed by atoms with E-state index in [2.05, 4.69) is 4.74 Å². The van der Waals surface area contributed by atoms with E-state index in [0.717, 1.165) is 40.1 Å². The monoisotopic (exact) mass is 276 g/mol. The average Bonchev–Trinajstić information content (AvgIpc) is 3.37. The van der Waals surface area contributed by atoms with E-state index in [4.69, 9.17) is 0 Å². The van der Waals surface area contributed by atoms with E-state index in [-0.39, 0.29) is 0 Å². The van der Waals surface area contributed by atoms with Crippen molar-refractivity contribution in [1.82, 2.24) is 0 Å². The fraction of sp³-hybridized carbons (Fsp3) is 0.111. The second-order valence-corrected chi connectivity index (χ2v) is 5.17. The van der Waals surface area contributed by atoms with E-state index in [0.29, 0.717) is 5.39 Å². The summed E-state index contributed by atoms with van der Waals surface area (Å²) in [5.74, 6) is 0. The zero-order valence-corrected chi connectivity index (χ0v) is 11.3. The van der Waals surface area contributed by atoms with Crippen LogP contribution < -0.4 is 10.9 Å². The van der Waals surface area contributed by atoms with Gasteiger partial charge >= 0.3 is 0 Å². The molecule has 3 nitrogen and oxygen atoms in total. The Bertz CT molecular complexity index is 1030. The highest BCUT2D eigenvalue weighted by Gasteiger charge is 2.11. The first-order valence-corrected chi connectivity index (χ1v) is 6.88. The van der Waals surface area contributed by atoms with Crippen LogP contribution in [0.15, 0.2) is 58.1 Å². The number of hydrogen-bond acceptors (Lipinski definition) is 3. The average molecular weight is 276 g/mol. The molecule has 1 heterocycles. The summed E-state index contributed by atoms with van der Waals surface area (Å²) < 4.78 is 4.50. The Morgan fingerprint density at radius 1 is 0.762 bits per heavy atom. The molecule has 3 heteroatoms. The van der Waals surface area contributed by atoms with Crippen molar-refractivity contribution in [2.24, 2.45) is 0 Å². The van der Waals surface area contributed by atoms with Crippen molar-refractivity contribution in [3.8, 4) is 0 Å². The van der Waals surface area contributed by atoms with Crippen molar-refractivity contribution in [1.29, 1.82) is 0 Å². The molecule has 0 atom stereocenters. The Hall–Kier alpha value is -2.52. The van der Waals surface area contributed by atoms with Gasteiger partial charge in [0.15, 0.2) is 0 Å². The normalized spacial score (nSPS) is 13.5. The van der Waals surface area contributed by atoms with Gasteiger partial charge in [-0.05, 0) is 33.7 Å². The van der Waals surface area contributed by atoms with Gasteiger partial charge in [0.05, 0.1) is 13.2 Å². The van der Waals surface area contributed by atoms with Gasteiger partial charge in [0.2, 0.25) is 10.9 Å². The van der Waals surface area contributed by atoms with Crippen LogP contribution in [0.4, 0.5) is 0 Å². The zero-order valence-electron chi connectivity index (χ0n) is 11.3. The van der Waals surface area contributed by atoms with Gasteiger partial charge in [-0.15, -0.1) is 0 Å². The van der Waals surface area contributed by atoms with Crippen molar-refractivity contribution in [2.75, 3.05) is 13.2 Å². The van der Waals surface area contributed by atoms with Crippen LogP contribution in [0.25, 0.3) is 32.3 Å². The SMILES string of the molecule is C1CO1.O=c1cc2ccc3cccc4ccc(c1=O)c2c34. The van der Waals surface area contributed by atoms with Crippen LogP contribution in [-0.2, 0) is 4.74 Å². The highest BCUT2D eigenvalue weighted by Crippen LogP contribution is 2.31. The topological polar surface area (TPSA) is 46.7 Å². The summed E-state index contributed by atoms with van der Waals surface area (Å²) in [6, 6.07) is 15.1. The minimum absolute atomic E-state index is 0.402. The molecule has 1 fully saturated rings. The summed E-state index contributed by atoms with van der Waals surface area (Å²) in [6.45, 7) is 2.00. The molecule has 21 heavy (non-hydrogen) atoms. The first-order valence-electron chi connectivity index (χ1n) is 6.88. The lowest BCUT2D eigenvalue weighted by molar-refractivity contribution is 0.475. The van der Waals surface area contributed by atoms with E-state index in [9.17, 15) is 9.59 Å². The molecule has 1 aliphatic heterocycles. The largest absolute Gasteiger partial charge is 0.377 e. The maximum absolute atomic E-state index is 11.9. The van der Waals surface area contributed by atoms with Crippen LogP contribution in [0.3, 0.4) is 0 Å². The Morgan fingerprint density at radius 2 is 1.38 bits per heavy atom. The fourth-order valence-corrected chi connectivity index (χ4v) is 2.76. The molecule has 0 saturated carbocycles. The van der Waals surface area contributed by atoms with Crippen molar-refractivity contribution in [3.63, 3.8) is 0 Å². The molecular formula is C18H12O3. The van der Waals surface area contributed by atoms with Gasteiger partial charge in [0, 0.05) is 10.8 Å². The Balaban J connectivity index is 0.000000344. The summed E-state index contributed by atoms with van der Waals surface area (Å²) in [5.41, 5.74) is -0.832. The highest BCUT2D eigenvalue weighted by molar-refractivity contribution is 6.22. The molecule has 0 spiro atoms. The van der Waals surface area contributed by atoms with Crippen molar-refractivity contribution < 1.29 is 4.74 Å². The predicted molar refractivity (Wildman–Crippen MR) is 84.7 cm³/mol. The third-order valence-electron chi connectivity index (χ3n) is 3.77. The van der Waals surface area contributed by atoms with Crippen molar-refractivity contribution in [2.45, 2.75) is 0 Å². The van der Waals surface area contributed by atoms with Gasteiger partial charge in [0.25, 0.3) is 0 Å². The molecule has 1 aliphatic rings. The first kappa shape index (κ1) is 12.2. The Morgan fingerprint density at radius 3 is 2.05 bits per heavy atom. The first-order chi connectivity index (χ1) is 10.3. The Kier molecular flexibility index (Phi) is 2.62. The lowest BCUT2D eigenvalue weighted by Crippen LogP contribution is -2.22. The molecule has 102 valence electrons. The second-order valence-electron chi connectivity index (χ2n) is 5.17. The minimum Gasteiger partial charge on any atom is -0.377 e. The van der Waals surface area contributed by atoms with Crippen molar-refractivity contribution in [3.05, 3.63) is 69.0 Å². The molecule has 0 aliphatic carbocycles. The van der Waals surface area contributed by atoms with E-state index in [1.807, 2.05) is 36.4 Å². The predicted octanol–water partition coefficient (Wildman–Crippen LogP) is 2.76. The molecule has 0 N–H and O–H groups in total. The van der Waals surface area contributed by atoms with Crippen LogP contribution >= 0.6 is 0 Å². The van der Waals surface area contributed by atoms with Crippen LogP contribution in [-0.4, -0.2) is 13.2 Å². The van der Waals surface area contributed by atoms with E-state index in [1.165, 1.54) is 6.07 Å². The molecule has 0 amide bonds. The van der Waals surface area contributed by atoms with Gasteiger partial charge in [-0.2, -0.15) is 0 Å². The third kappa shape index (κ3) is 1.94. The van der Waals surface area contributed by atoms with E-state index in [1.54, 1.807) is 6.07 Å². The van der Waals surface area contributed by atoms with Crippen LogP contribution in [0.2, 0.25) is 0 Å².